The fraction of sp³-hybridized carbons (Fsp3) is 0.100. The van der Waals surface area contributed by atoms with E-state index in [0.29, 0.717) is 4.90 Å². The first-order valence-electron chi connectivity index (χ1n) is 7.67. The number of benzene rings is 3. The summed E-state index contributed by atoms with van der Waals surface area (Å²) >= 11 is 0. The van der Waals surface area contributed by atoms with Crippen LogP contribution in [0.2, 0.25) is 0 Å². The zero-order valence-electron chi connectivity index (χ0n) is 13.4. The summed E-state index contributed by atoms with van der Waals surface area (Å²) < 4.78 is 25.8. The van der Waals surface area contributed by atoms with Gasteiger partial charge in [0.25, 0.3) is 0 Å². The molecular weight excluding hydrogens is 336 g/mol. The van der Waals surface area contributed by atoms with Crippen LogP contribution in [0.3, 0.4) is 0 Å². The predicted octanol–water partition coefficient (Wildman–Crippen LogP) is 4.46. The van der Waals surface area contributed by atoms with Gasteiger partial charge in [-0.25, -0.2) is 8.42 Å². The predicted molar refractivity (Wildman–Crippen MR) is 100 cm³/mol. The number of hydrogen-bond donors (Lipinski definition) is 0. The Kier molecular flexibility index (Phi) is 5.07. The molecule has 0 heterocycles. The largest absolute Gasteiger partial charge is 0.225 e. The summed E-state index contributed by atoms with van der Waals surface area (Å²) in [5, 5.41) is 0.0874. The van der Waals surface area contributed by atoms with Gasteiger partial charge in [0.2, 0.25) is 14.9 Å². The van der Waals surface area contributed by atoms with Gasteiger partial charge in [-0.1, -0.05) is 54.1 Å². The van der Waals surface area contributed by atoms with E-state index in [9.17, 15) is 8.42 Å². The van der Waals surface area contributed by atoms with Crippen LogP contribution in [0, 0.1) is 6.92 Å². The average Bonchev–Trinajstić information content (AvgIpc) is 2.62. The summed E-state index contributed by atoms with van der Waals surface area (Å²) in [5.74, 6) is 0. The van der Waals surface area contributed by atoms with E-state index in [1.165, 1.54) is 0 Å². The number of rotatable bonds is 5. The Balaban J connectivity index is 1.99. The molecular formula is C20H19O2S2+. The van der Waals surface area contributed by atoms with E-state index < -0.39 is 20.7 Å². The maximum Gasteiger partial charge on any atom is 0.225 e. The van der Waals surface area contributed by atoms with E-state index in [2.05, 4.69) is 0 Å². The first-order chi connectivity index (χ1) is 11.6. The van der Waals surface area contributed by atoms with Gasteiger partial charge in [-0.2, -0.15) is 0 Å². The first kappa shape index (κ1) is 16.8. The lowest BCUT2D eigenvalue weighted by molar-refractivity contribution is 0.600. The van der Waals surface area contributed by atoms with Crippen LogP contribution in [0.5, 0.6) is 0 Å². The molecule has 0 radical (unpaired) electrons. The van der Waals surface area contributed by atoms with Crippen LogP contribution in [0.1, 0.15) is 5.56 Å². The van der Waals surface area contributed by atoms with Gasteiger partial charge in [-0.05, 0) is 43.3 Å². The molecule has 0 aliphatic carbocycles. The number of sulfone groups is 1. The lowest BCUT2D eigenvalue weighted by Crippen LogP contribution is -2.18. The van der Waals surface area contributed by atoms with E-state index in [1.807, 2.05) is 79.7 Å². The van der Waals surface area contributed by atoms with Crippen molar-refractivity contribution in [3.63, 3.8) is 0 Å². The third-order valence-electron chi connectivity index (χ3n) is 3.71. The molecule has 4 heteroatoms. The van der Waals surface area contributed by atoms with E-state index in [4.69, 9.17) is 0 Å². The maximum absolute atomic E-state index is 12.9. The third-order valence-corrected chi connectivity index (χ3v) is 8.57. The normalized spacial score (nSPS) is 11.6. The first-order valence-corrected chi connectivity index (χ1v) is 10.7. The Morgan fingerprint density at radius 2 is 1.17 bits per heavy atom. The molecule has 0 spiro atoms. The molecule has 0 aliphatic heterocycles. The van der Waals surface area contributed by atoms with Crippen molar-refractivity contribution < 1.29 is 8.42 Å². The van der Waals surface area contributed by atoms with Crippen LogP contribution in [-0.4, -0.2) is 13.5 Å². The number of aryl methyl sites for hydroxylation is 1. The third kappa shape index (κ3) is 3.89. The van der Waals surface area contributed by atoms with E-state index in [-0.39, 0.29) is 5.08 Å². The highest BCUT2D eigenvalue weighted by atomic mass is 32.3. The Hall–Kier alpha value is -2.04. The van der Waals surface area contributed by atoms with Crippen molar-refractivity contribution in [2.75, 3.05) is 5.08 Å². The zero-order valence-corrected chi connectivity index (χ0v) is 15.1. The van der Waals surface area contributed by atoms with Crippen LogP contribution in [0.15, 0.2) is 99.6 Å². The fourth-order valence-corrected chi connectivity index (χ4v) is 7.08. The summed E-state index contributed by atoms with van der Waals surface area (Å²) in [5.41, 5.74) is 1.05. The lowest BCUT2D eigenvalue weighted by Gasteiger charge is -2.09. The van der Waals surface area contributed by atoms with Crippen molar-refractivity contribution in [3.8, 4) is 0 Å². The quantitative estimate of drug-likeness (QED) is 0.633. The molecule has 0 atom stereocenters. The second-order valence-corrected chi connectivity index (χ2v) is 9.93. The van der Waals surface area contributed by atoms with Crippen LogP contribution in [0.4, 0.5) is 0 Å². The molecule has 0 aromatic heterocycles. The molecule has 24 heavy (non-hydrogen) atoms. The van der Waals surface area contributed by atoms with Gasteiger partial charge in [0.1, 0.15) is 0 Å². The van der Waals surface area contributed by atoms with Gasteiger partial charge in [-0.3, -0.25) is 0 Å². The van der Waals surface area contributed by atoms with Crippen LogP contribution < -0.4 is 0 Å². The summed E-state index contributed by atoms with van der Waals surface area (Å²) in [6, 6.07) is 26.8. The Morgan fingerprint density at radius 1 is 0.708 bits per heavy atom. The molecule has 0 saturated heterocycles. The second kappa shape index (κ2) is 7.24. The average molecular weight is 356 g/mol. The highest BCUT2D eigenvalue weighted by molar-refractivity contribution is 8.10. The molecule has 0 aliphatic rings. The van der Waals surface area contributed by atoms with Gasteiger partial charge < -0.3 is 0 Å². The molecule has 122 valence electrons. The summed E-state index contributed by atoms with van der Waals surface area (Å²) in [6.07, 6.45) is 0. The minimum atomic E-state index is -3.36. The molecule has 3 aromatic carbocycles. The molecule has 0 fully saturated rings. The molecule has 3 aromatic rings. The molecule has 0 bridgehead atoms. The fourth-order valence-electron chi connectivity index (χ4n) is 2.41. The van der Waals surface area contributed by atoms with Gasteiger partial charge >= 0.3 is 0 Å². The van der Waals surface area contributed by atoms with Crippen molar-refractivity contribution in [3.05, 3.63) is 90.5 Å². The minimum absolute atomic E-state index is 0.0874. The van der Waals surface area contributed by atoms with Gasteiger partial charge in [0.15, 0.2) is 9.79 Å². The lowest BCUT2D eigenvalue weighted by atomic mass is 10.2. The topological polar surface area (TPSA) is 34.1 Å². The molecule has 0 N–H and O–H groups in total. The Labute approximate surface area is 146 Å². The molecule has 3 rings (SSSR count). The number of hydrogen-bond acceptors (Lipinski definition) is 2. The smallest absolute Gasteiger partial charge is 0.219 e. The van der Waals surface area contributed by atoms with Crippen molar-refractivity contribution in [1.82, 2.24) is 0 Å². The summed E-state index contributed by atoms with van der Waals surface area (Å²) in [7, 11) is -3.87. The molecule has 2 nitrogen and oxygen atoms in total. The Bertz CT molecular complexity index is 848. The molecule has 0 saturated carbocycles. The SMILES string of the molecule is Cc1ccc(S(=O)(=O)C[S+](c2ccccc2)c2ccccc2)cc1. The van der Waals surface area contributed by atoms with E-state index in [1.54, 1.807) is 12.1 Å². The highest BCUT2D eigenvalue weighted by Crippen LogP contribution is 2.27. The standard InChI is InChI=1S/C20H19O2S2/c1-17-12-14-20(15-13-17)24(21,22)16-23(18-8-4-2-5-9-18)19-10-6-3-7-11-19/h2-15H,16H2,1H3/q+1. The van der Waals surface area contributed by atoms with Gasteiger partial charge in [-0.15, -0.1) is 0 Å². The van der Waals surface area contributed by atoms with Crippen molar-refractivity contribution in [1.29, 1.82) is 0 Å². The van der Waals surface area contributed by atoms with E-state index >= 15 is 0 Å². The van der Waals surface area contributed by atoms with Crippen molar-refractivity contribution in [2.24, 2.45) is 0 Å². The van der Waals surface area contributed by atoms with Crippen LogP contribution in [-0.2, 0) is 20.7 Å². The summed E-state index contributed by atoms with van der Waals surface area (Å²) in [4.78, 5) is 2.47. The second-order valence-electron chi connectivity index (χ2n) is 5.56. The van der Waals surface area contributed by atoms with Crippen molar-refractivity contribution in [2.45, 2.75) is 21.6 Å². The molecule has 0 amide bonds. The minimum Gasteiger partial charge on any atom is -0.219 e. The van der Waals surface area contributed by atoms with Crippen molar-refractivity contribution >= 4 is 20.7 Å². The van der Waals surface area contributed by atoms with Gasteiger partial charge in [0, 0.05) is 0 Å². The Morgan fingerprint density at radius 3 is 1.62 bits per heavy atom. The van der Waals surface area contributed by atoms with E-state index in [0.717, 1.165) is 15.4 Å². The zero-order chi connectivity index (χ0) is 17.0. The monoisotopic (exact) mass is 355 g/mol. The van der Waals surface area contributed by atoms with Crippen LogP contribution in [0.25, 0.3) is 0 Å². The maximum atomic E-state index is 12.9. The highest BCUT2D eigenvalue weighted by Gasteiger charge is 2.32. The summed E-state index contributed by atoms with van der Waals surface area (Å²) in [6.45, 7) is 1.95. The van der Waals surface area contributed by atoms with Gasteiger partial charge in [0.05, 0.1) is 15.8 Å². The molecule has 0 unspecified atom stereocenters. The van der Waals surface area contributed by atoms with Crippen LogP contribution >= 0.6 is 0 Å².